The van der Waals surface area contributed by atoms with Crippen molar-refractivity contribution in [1.29, 1.82) is 0 Å². The lowest BCUT2D eigenvalue weighted by molar-refractivity contribution is 0.200. The second-order valence-corrected chi connectivity index (χ2v) is 6.52. The van der Waals surface area contributed by atoms with E-state index in [9.17, 15) is 5.11 Å². The van der Waals surface area contributed by atoms with E-state index in [1.165, 1.54) is 18.3 Å². The molecule has 0 amide bonds. The molecule has 7 heteroatoms. The number of aromatic nitrogens is 2. The molecular formula is C18H20N4O2S. The Morgan fingerprint density at radius 2 is 1.96 bits per heavy atom. The average Bonchev–Trinajstić information content (AvgIpc) is 2.62. The van der Waals surface area contributed by atoms with Gasteiger partial charge in [-0.25, -0.2) is 9.97 Å². The predicted octanol–water partition coefficient (Wildman–Crippen LogP) is 3.36. The van der Waals surface area contributed by atoms with Crippen molar-refractivity contribution >= 4 is 34.4 Å². The molecule has 1 atom stereocenters. The van der Waals surface area contributed by atoms with Crippen LogP contribution in [0.15, 0.2) is 53.7 Å². The largest absolute Gasteiger partial charge is 0.497 e. The molecule has 1 unspecified atom stereocenters. The highest BCUT2D eigenvalue weighted by Gasteiger charge is 2.06. The summed E-state index contributed by atoms with van der Waals surface area (Å²) in [6.07, 6.45) is 1.17. The van der Waals surface area contributed by atoms with Gasteiger partial charge in [-0.2, -0.15) is 0 Å². The van der Waals surface area contributed by atoms with Crippen molar-refractivity contribution in [3.63, 3.8) is 0 Å². The van der Waals surface area contributed by atoms with E-state index in [0.717, 1.165) is 33.1 Å². The number of methoxy groups -OCH3 is 1. The van der Waals surface area contributed by atoms with E-state index in [0.29, 0.717) is 6.54 Å². The number of ether oxygens (including phenoxy) is 1. The van der Waals surface area contributed by atoms with Gasteiger partial charge in [0.05, 0.1) is 18.7 Å². The Balaban J connectivity index is 1.73. The molecule has 0 aliphatic rings. The van der Waals surface area contributed by atoms with Gasteiger partial charge >= 0.3 is 0 Å². The lowest BCUT2D eigenvalue weighted by Gasteiger charge is -2.10. The van der Waals surface area contributed by atoms with Gasteiger partial charge in [-0.05, 0) is 55.3 Å². The Kier molecular flexibility index (Phi) is 5.70. The molecule has 130 valence electrons. The minimum Gasteiger partial charge on any atom is -0.497 e. The molecule has 0 aliphatic carbocycles. The molecule has 0 fully saturated rings. The summed E-state index contributed by atoms with van der Waals surface area (Å²) in [4.78, 5) is 9.70. The summed E-state index contributed by atoms with van der Waals surface area (Å²) < 4.78 is 8.35. The highest BCUT2D eigenvalue weighted by atomic mass is 32.2. The van der Waals surface area contributed by atoms with Gasteiger partial charge in [-0.1, -0.05) is 0 Å². The minimum atomic E-state index is -0.363. The summed E-state index contributed by atoms with van der Waals surface area (Å²) >= 11 is 1.49. The van der Waals surface area contributed by atoms with Crippen LogP contribution in [0, 0.1) is 0 Å². The second-order valence-electron chi connectivity index (χ2n) is 5.55. The normalized spacial score (nSPS) is 12.1. The number of fused-ring (bicyclic) bond motifs is 1. The van der Waals surface area contributed by atoms with Crippen LogP contribution in [0.4, 0.5) is 11.5 Å². The van der Waals surface area contributed by atoms with Crippen LogP contribution in [-0.2, 0) is 0 Å². The van der Waals surface area contributed by atoms with E-state index in [4.69, 9.17) is 4.74 Å². The van der Waals surface area contributed by atoms with Crippen LogP contribution >= 0.6 is 11.9 Å². The van der Waals surface area contributed by atoms with Crippen molar-refractivity contribution in [3.05, 3.63) is 48.8 Å². The fraction of sp³-hybridized carbons (Fsp3) is 0.222. The van der Waals surface area contributed by atoms with Crippen molar-refractivity contribution < 1.29 is 9.84 Å². The molecule has 1 aromatic heterocycles. The summed E-state index contributed by atoms with van der Waals surface area (Å²) in [6.45, 7) is 2.29. The Bertz CT molecular complexity index is 840. The molecule has 25 heavy (non-hydrogen) atoms. The molecule has 0 spiro atoms. The van der Waals surface area contributed by atoms with Crippen LogP contribution in [0.5, 0.6) is 5.75 Å². The SMILES string of the molecule is COc1ccc2c(Nc3ccc(SNCC(C)O)cc3)ncnc2c1. The maximum absolute atomic E-state index is 9.25. The van der Waals surface area contributed by atoms with Crippen molar-refractivity contribution in [2.75, 3.05) is 19.0 Å². The molecule has 3 aromatic rings. The minimum absolute atomic E-state index is 0.363. The lowest BCUT2D eigenvalue weighted by atomic mass is 10.2. The van der Waals surface area contributed by atoms with Gasteiger partial charge in [0.15, 0.2) is 0 Å². The number of rotatable bonds is 7. The van der Waals surface area contributed by atoms with Crippen LogP contribution in [-0.4, -0.2) is 34.8 Å². The van der Waals surface area contributed by atoms with Crippen molar-refractivity contribution in [2.24, 2.45) is 0 Å². The van der Waals surface area contributed by atoms with Gasteiger partial charge in [-0.3, -0.25) is 4.72 Å². The zero-order valence-electron chi connectivity index (χ0n) is 14.1. The number of aliphatic hydroxyl groups excluding tert-OH is 1. The molecule has 3 N–H and O–H groups in total. The van der Waals surface area contributed by atoms with Crippen LogP contribution in [0.1, 0.15) is 6.92 Å². The average molecular weight is 356 g/mol. The van der Waals surface area contributed by atoms with E-state index in [-0.39, 0.29) is 6.10 Å². The Labute approximate surface area is 150 Å². The fourth-order valence-corrected chi connectivity index (χ4v) is 3.02. The number of benzene rings is 2. The van der Waals surface area contributed by atoms with Crippen LogP contribution in [0.3, 0.4) is 0 Å². The standard InChI is InChI=1S/C18H20N4O2S/c1-12(23)10-21-25-15-6-3-13(4-7-15)22-18-16-8-5-14(24-2)9-17(16)19-11-20-18/h3-9,11-12,21,23H,10H2,1-2H3,(H,19,20,22). The maximum Gasteiger partial charge on any atom is 0.141 e. The fourth-order valence-electron chi connectivity index (χ4n) is 2.25. The third-order valence-electron chi connectivity index (χ3n) is 3.53. The van der Waals surface area contributed by atoms with Crippen LogP contribution < -0.4 is 14.8 Å². The topological polar surface area (TPSA) is 79.3 Å². The Hall–Kier alpha value is -2.35. The van der Waals surface area contributed by atoms with E-state index in [1.807, 2.05) is 42.5 Å². The third-order valence-corrected chi connectivity index (χ3v) is 4.35. The number of aliphatic hydroxyl groups is 1. The number of hydrogen-bond acceptors (Lipinski definition) is 7. The Morgan fingerprint density at radius 3 is 2.68 bits per heavy atom. The number of nitrogens with zero attached hydrogens (tertiary/aromatic N) is 2. The first-order chi connectivity index (χ1) is 12.2. The molecule has 1 heterocycles. The molecule has 0 radical (unpaired) electrons. The molecule has 0 aliphatic heterocycles. The van der Waals surface area contributed by atoms with Gasteiger partial charge in [0.25, 0.3) is 0 Å². The molecule has 2 aromatic carbocycles. The monoisotopic (exact) mass is 356 g/mol. The Morgan fingerprint density at radius 1 is 1.16 bits per heavy atom. The molecule has 0 bridgehead atoms. The van der Waals surface area contributed by atoms with Gasteiger partial charge in [0, 0.05) is 28.6 Å². The number of anilines is 2. The summed E-state index contributed by atoms with van der Waals surface area (Å²) in [5.41, 5.74) is 1.77. The highest BCUT2D eigenvalue weighted by molar-refractivity contribution is 7.97. The zero-order chi connectivity index (χ0) is 17.6. The van der Waals surface area contributed by atoms with Gasteiger partial charge in [0.1, 0.15) is 17.9 Å². The third kappa shape index (κ3) is 4.60. The summed E-state index contributed by atoms with van der Waals surface area (Å²) in [5, 5.41) is 13.5. The smallest absolute Gasteiger partial charge is 0.141 e. The van der Waals surface area contributed by atoms with Crippen molar-refractivity contribution in [1.82, 2.24) is 14.7 Å². The van der Waals surface area contributed by atoms with E-state index < -0.39 is 0 Å². The predicted molar refractivity (Wildman–Crippen MR) is 101 cm³/mol. The van der Waals surface area contributed by atoms with Crippen molar-refractivity contribution in [3.8, 4) is 5.75 Å². The molecule has 0 saturated heterocycles. The van der Waals surface area contributed by atoms with E-state index >= 15 is 0 Å². The van der Waals surface area contributed by atoms with Gasteiger partial charge < -0.3 is 15.2 Å². The summed E-state index contributed by atoms with van der Waals surface area (Å²) in [5.74, 6) is 1.52. The lowest BCUT2D eigenvalue weighted by Crippen LogP contribution is -2.18. The molecule has 0 saturated carbocycles. The van der Waals surface area contributed by atoms with Crippen LogP contribution in [0.2, 0.25) is 0 Å². The number of hydrogen-bond donors (Lipinski definition) is 3. The second kappa shape index (κ2) is 8.15. The number of nitrogens with one attached hydrogen (secondary N) is 2. The van der Waals surface area contributed by atoms with E-state index in [2.05, 4.69) is 20.0 Å². The van der Waals surface area contributed by atoms with Gasteiger partial charge in [-0.15, -0.1) is 0 Å². The molecule has 3 rings (SSSR count). The first kappa shape index (κ1) is 17.5. The van der Waals surface area contributed by atoms with Gasteiger partial charge in [0.2, 0.25) is 0 Å². The first-order valence-electron chi connectivity index (χ1n) is 7.89. The quantitative estimate of drug-likeness (QED) is 0.560. The first-order valence-corrected chi connectivity index (χ1v) is 8.71. The van der Waals surface area contributed by atoms with E-state index in [1.54, 1.807) is 14.0 Å². The zero-order valence-corrected chi connectivity index (χ0v) is 14.9. The molecular weight excluding hydrogens is 336 g/mol. The summed E-state index contributed by atoms with van der Waals surface area (Å²) in [6, 6.07) is 13.7. The maximum atomic E-state index is 9.25. The highest BCUT2D eigenvalue weighted by Crippen LogP contribution is 2.26. The van der Waals surface area contributed by atoms with Crippen molar-refractivity contribution in [2.45, 2.75) is 17.9 Å². The molecule has 6 nitrogen and oxygen atoms in total. The summed E-state index contributed by atoms with van der Waals surface area (Å²) in [7, 11) is 1.64. The van der Waals surface area contributed by atoms with Crippen LogP contribution in [0.25, 0.3) is 10.9 Å².